The lowest BCUT2D eigenvalue weighted by Gasteiger charge is -2.14. The van der Waals surface area contributed by atoms with Crippen LogP contribution in [-0.4, -0.2) is 39.4 Å². The molecular formula is C17H26IN5S. The molecule has 0 spiro atoms. The normalized spacial score (nSPS) is 17.8. The molecule has 1 aliphatic rings. The van der Waals surface area contributed by atoms with E-state index < -0.39 is 0 Å². The fourth-order valence-electron chi connectivity index (χ4n) is 2.79. The second kappa shape index (κ2) is 9.50. The highest BCUT2D eigenvalue weighted by atomic mass is 127. The van der Waals surface area contributed by atoms with Crippen LogP contribution in [0.1, 0.15) is 31.2 Å². The molecule has 1 aliphatic heterocycles. The third-order valence-electron chi connectivity index (χ3n) is 4.01. The second-order valence-corrected chi connectivity index (χ2v) is 7.25. The molecule has 0 aromatic carbocycles. The fourth-order valence-corrected chi connectivity index (χ4v) is 3.99. The van der Waals surface area contributed by atoms with E-state index in [1.807, 2.05) is 12.1 Å². The van der Waals surface area contributed by atoms with Crippen LogP contribution in [0.15, 0.2) is 29.4 Å². The van der Waals surface area contributed by atoms with Gasteiger partial charge < -0.3 is 15.0 Å². The Morgan fingerprint density at radius 2 is 2.29 bits per heavy atom. The molecule has 1 unspecified atom stereocenters. The van der Waals surface area contributed by atoms with Gasteiger partial charge in [0, 0.05) is 30.2 Å². The van der Waals surface area contributed by atoms with Crippen LogP contribution in [0.5, 0.6) is 0 Å². The number of halogens is 1. The standard InChI is InChI=1S/C17H25N5S.HI/c1-3-18-17(20-11-15-7-5-9-23-15)19-10-14-12-22-13(2)6-4-8-16(22)21-14;/h4,6,8,12,15H,3,5,7,9-11H2,1-2H3,(H2,18,19,20);1H. The van der Waals surface area contributed by atoms with Gasteiger partial charge in [0.1, 0.15) is 5.65 Å². The molecule has 0 radical (unpaired) electrons. The number of nitrogens with one attached hydrogen (secondary N) is 2. The van der Waals surface area contributed by atoms with Crippen LogP contribution in [0.3, 0.4) is 0 Å². The van der Waals surface area contributed by atoms with Crippen LogP contribution in [0.2, 0.25) is 0 Å². The van der Waals surface area contributed by atoms with Crippen LogP contribution >= 0.6 is 35.7 Å². The zero-order valence-corrected chi connectivity index (χ0v) is 17.4. The number of guanidine groups is 1. The van der Waals surface area contributed by atoms with Crippen molar-refractivity contribution in [2.45, 2.75) is 38.5 Å². The molecule has 1 saturated heterocycles. The highest BCUT2D eigenvalue weighted by Crippen LogP contribution is 2.25. The average Bonchev–Trinajstić information content (AvgIpc) is 3.20. The number of fused-ring (bicyclic) bond motifs is 1. The quantitative estimate of drug-likeness (QED) is 0.410. The van der Waals surface area contributed by atoms with Gasteiger partial charge in [-0.3, -0.25) is 0 Å². The Hall–Kier alpha value is -0.960. The third-order valence-corrected chi connectivity index (χ3v) is 5.41. The van der Waals surface area contributed by atoms with Crippen molar-refractivity contribution >= 4 is 47.3 Å². The van der Waals surface area contributed by atoms with Gasteiger partial charge in [0.15, 0.2) is 5.96 Å². The van der Waals surface area contributed by atoms with Gasteiger partial charge in [-0.05, 0) is 44.6 Å². The maximum Gasteiger partial charge on any atom is 0.191 e. The van der Waals surface area contributed by atoms with Crippen molar-refractivity contribution in [3.05, 3.63) is 35.8 Å². The summed E-state index contributed by atoms with van der Waals surface area (Å²) in [7, 11) is 0. The summed E-state index contributed by atoms with van der Waals surface area (Å²) in [5, 5.41) is 7.50. The van der Waals surface area contributed by atoms with E-state index in [-0.39, 0.29) is 24.0 Å². The molecule has 0 saturated carbocycles. The largest absolute Gasteiger partial charge is 0.357 e. The lowest BCUT2D eigenvalue weighted by atomic mass is 10.2. The van der Waals surface area contributed by atoms with Gasteiger partial charge >= 0.3 is 0 Å². The Morgan fingerprint density at radius 3 is 3.00 bits per heavy atom. The summed E-state index contributed by atoms with van der Waals surface area (Å²) >= 11 is 2.06. The van der Waals surface area contributed by atoms with Gasteiger partial charge in [0.05, 0.1) is 12.2 Å². The van der Waals surface area contributed by atoms with E-state index >= 15 is 0 Å². The Morgan fingerprint density at radius 1 is 1.42 bits per heavy atom. The first-order valence-electron chi connectivity index (χ1n) is 8.33. The summed E-state index contributed by atoms with van der Waals surface area (Å²) in [5.41, 5.74) is 3.16. The Bertz CT molecular complexity index is 679. The lowest BCUT2D eigenvalue weighted by molar-refractivity contribution is 0.726. The SMILES string of the molecule is CCNC(=NCc1cn2c(C)cccc2n1)NCC1CCCS1.I. The van der Waals surface area contributed by atoms with Gasteiger partial charge in [0.2, 0.25) is 0 Å². The molecule has 0 amide bonds. The van der Waals surface area contributed by atoms with Crippen LogP contribution in [0, 0.1) is 6.92 Å². The maximum atomic E-state index is 4.68. The van der Waals surface area contributed by atoms with E-state index in [9.17, 15) is 0 Å². The molecule has 5 nitrogen and oxygen atoms in total. The van der Waals surface area contributed by atoms with Gasteiger partial charge in [-0.1, -0.05) is 6.07 Å². The smallest absolute Gasteiger partial charge is 0.191 e. The number of pyridine rings is 1. The van der Waals surface area contributed by atoms with E-state index in [4.69, 9.17) is 0 Å². The molecule has 24 heavy (non-hydrogen) atoms. The zero-order chi connectivity index (χ0) is 16.1. The van der Waals surface area contributed by atoms with Crippen molar-refractivity contribution in [1.82, 2.24) is 20.0 Å². The molecule has 2 aromatic heterocycles. The van der Waals surface area contributed by atoms with Crippen molar-refractivity contribution in [2.24, 2.45) is 4.99 Å². The Labute approximate surface area is 165 Å². The van der Waals surface area contributed by atoms with Crippen LogP contribution in [0.4, 0.5) is 0 Å². The summed E-state index contributed by atoms with van der Waals surface area (Å²) in [6, 6.07) is 6.16. The predicted molar refractivity (Wildman–Crippen MR) is 114 cm³/mol. The molecular weight excluding hydrogens is 433 g/mol. The Balaban J connectivity index is 0.00000208. The molecule has 0 aliphatic carbocycles. The Kier molecular flexibility index (Phi) is 7.67. The van der Waals surface area contributed by atoms with E-state index in [1.165, 1.54) is 24.3 Å². The minimum atomic E-state index is 0. The van der Waals surface area contributed by atoms with Crippen molar-refractivity contribution < 1.29 is 0 Å². The number of aliphatic imine (C=N–C) groups is 1. The minimum Gasteiger partial charge on any atom is -0.357 e. The zero-order valence-electron chi connectivity index (χ0n) is 14.3. The first-order chi connectivity index (χ1) is 11.3. The average molecular weight is 459 g/mol. The van der Waals surface area contributed by atoms with Crippen molar-refractivity contribution in [2.75, 3.05) is 18.8 Å². The predicted octanol–water partition coefficient (Wildman–Crippen LogP) is 3.21. The molecule has 0 bridgehead atoms. The molecule has 1 atom stereocenters. The van der Waals surface area contributed by atoms with E-state index in [0.29, 0.717) is 6.54 Å². The number of thioether (sulfide) groups is 1. The highest BCUT2D eigenvalue weighted by Gasteiger charge is 2.15. The number of rotatable bonds is 5. The third kappa shape index (κ3) is 5.02. The number of imidazole rings is 1. The maximum absolute atomic E-state index is 4.68. The molecule has 1 fully saturated rings. The molecule has 2 aromatic rings. The topological polar surface area (TPSA) is 53.7 Å². The van der Waals surface area contributed by atoms with Crippen LogP contribution in [-0.2, 0) is 6.54 Å². The van der Waals surface area contributed by atoms with Crippen molar-refractivity contribution in [3.63, 3.8) is 0 Å². The number of aryl methyl sites for hydroxylation is 1. The fraction of sp³-hybridized carbons (Fsp3) is 0.529. The van der Waals surface area contributed by atoms with Crippen molar-refractivity contribution in [1.29, 1.82) is 0 Å². The van der Waals surface area contributed by atoms with E-state index in [1.54, 1.807) is 0 Å². The summed E-state index contributed by atoms with van der Waals surface area (Å²) in [5.74, 6) is 2.18. The van der Waals surface area contributed by atoms with Crippen LogP contribution < -0.4 is 10.6 Å². The van der Waals surface area contributed by atoms with Gasteiger partial charge in [-0.2, -0.15) is 11.8 Å². The van der Waals surface area contributed by atoms with E-state index in [2.05, 4.69) is 62.9 Å². The van der Waals surface area contributed by atoms with E-state index in [0.717, 1.165) is 35.6 Å². The number of nitrogens with zero attached hydrogens (tertiary/aromatic N) is 3. The summed E-state index contributed by atoms with van der Waals surface area (Å²) in [6.07, 6.45) is 4.72. The summed E-state index contributed by atoms with van der Waals surface area (Å²) in [6.45, 7) is 6.63. The number of hydrogen-bond acceptors (Lipinski definition) is 3. The van der Waals surface area contributed by atoms with Crippen molar-refractivity contribution in [3.8, 4) is 0 Å². The van der Waals surface area contributed by atoms with Gasteiger partial charge in [-0.25, -0.2) is 9.98 Å². The summed E-state index contributed by atoms with van der Waals surface area (Å²) in [4.78, 5) is 9.32. The lowest BCUT2D eigenvalue weighted by Crippen LogP contribution is -2.40. The molecule has 7 heteroatoms. The minimum absolute atomic E-state index is 0. The molecule has 2 N–H and O–H groups in total. The van der Waals surface area contributed by atoms with Gasteiger partial charge in [-0.15, -0.1) is 24.0 Å². The number of aromatic nitrogens is 2. The first kappa shape index (κ1) is 19.4. The highest BCUT2D eigenvalue weighted by molar-refractivity contribution is 14.0. The molecule has 132 valence electrons. The second-order valence-electron chi connectivity index (χ2n) is 5.84. The number of hydrogen-bond donors (Lipinski definition) is 2. The van der Waals surface area contributed by atoms with Crippen LogP contribution in [0.25, 0.3) is 5.65 Å². The van der Waals surface area contributed by atoms with Gasteiger partial charge in [0.25, 0.3) is 0 Å². The summed E-state index contributed by atoms with van der Waals surface area (Å²) < 4.78 is 2.11. The first-order valence-corrected chi connectivity index (χ1v) is 9.38. The molecule has 3 rings (SSSR count). The monoisotopic (exact) mass is 459 g/mol. The molecule has 3 heterocycles.